The number of benzene rings is 1. The summed E-state index contributed by atoms with van der Waals surface area (Å²) < 4.78 is 0. The van der Waals surface area contributed by atoms with Crippen LogP contribution in [0.25, 0.3) is 0 Å². The van der Waals surface area contributed by atoms with E-state index in [1.165, 1.54) is 5.56 Å². The highest BCUT2D eigenvalue weighted by Crippen LogP contribution is 2.09. The zero-order valence-corrected chi connectivity index (χ0v) is 13.2. The summed E-state index contributed by atoms with van der Waals surface area (Å²) in [5.74, 6) is 1.48. The molecule has 19 heavy (non-hydrogen) atoms. The Morgan fingerprint density at radius 2 is 1.68 bits per heavy atom. The molecule has 0 aliphatic carbocycles. The highest BCUT2D eigenvalue weighted by Gasteiger charge is 2.16. The van der Waals surface area contributed by atoms with Crippen LogP contribution in [0.15, 0.2) is 35.3 Å². The Kier molecular flexibility index (Phi) is 6.93. The molecule has 0 bridgehead atoms. The summed E-state index contributed by atoms with van der Waals surface area (Å²) in [5, 5.41) is 0. The molecule has 0 amide bonds. The van der Waals surface area contributed by atoms with Crippen LogP contribution in [0.4, 0.5) is 0 Å². The highest BCUT2D eigenvalue weighted by atomic mass is 35.5. The van der Waals surface area contributed by atoms with Crippen molar-refractivity contribution in [1.82, 2.24) is 4.90 Å². The average molecular weight is 281 g/mol. The van der Waals surface area contributed by atoms with Gasteiger partial charge in [0.1, 0.15) is 5.84 Å². The van der Waals surface area contributed by atoms with E-state index in [0.29, 0.717) is 18.0 Å². The Labute approximate surface area is 122 Å². The van der Waals surface area contributed by atoms with Gasteiger partial charge in [-0.1, -0.05) is 30.3 Å². The minimum Gasteiger partial charge on any atom is -0.355 e. The number of halogens is 1. The first kappa shape index (κ1) is 16.0. The molecule has 0 heterocycles. The van der Waals surface area contributed by atoms with Crippen LogP contribution in [-0.2, 0) is 6.42 Å². The van der Waals surface area contributed by atoms with E-state index in [2.05, 4.69) is 56.9 Å². The monoisotopic (exact) mass is 280 g/mol. The molecule has 106 valence electrons. The van der Waals surface area contributed by atoms with Crippen LogP contribution in [0.3, 0.4) is 0 Å². The van der Waals surface area contributed by atoms with Gasteiger partial charge in [0, 0.05) is 18.6 Å². The zero-order chi connectivity index (χ0) is 14.3. The molecule has 0 atom stereocenters. The van der Waals surface area contributed by atoms with Crippen LogP contribution in [0.5, 0.6) is 0 Å². The Balaban J connectivity index is 2.65. The molecule has 1 aromatic carbocycles. The molecule has 0 aromatic heterocycles. The van der Waals surface area contributed by atoms with Gasteiger partial charge in [-0.05, 0) is 39.7 Å². The second-order valence-electron chi connectivity index (χ2n) is 5.26. The van der Waals surface area contributed by atoms with Gasteiger partial charge >= 0.3 is 0 Å². The lowest BCUT2D eigenvalue weighted by atomic mass is 10.1. The fourth-order valence-electron chi connectivity index (χ4n) is 2.34. The van der Waals surface area contributed by atoms with Crippen molar-refractivity contribution in [1.29, 1.82) is 0 Å². The van der Waals surface area contributed by atoms with Crippen molar-refractivity contribution in [3.05, 3.63) is 35.9 Å². The lowest BCUT2D eigenvalue weighted by Crippen LogP contribution is -2.43. The number of aliphatic imine (C=N–C) groups is 1. The molecule has 0 N–H and O–H groups in total. The van der Waals surface area contributed by atoms with Crippen molar-refractivity contribution in [2.75, 3.05) is 12.4 Å². The average Bonchev–Trinajstić information content (AvgIpc) is 2.37. The molecular formula is C16H25ClN2. The van der Waals surface area contributed by atoms with Gasteiger partial charge in [0.05, 0.1) is 5.88 Å². The normalized spacial score (nSPS) is 12.3. The molecule has 0 spiro atoms. The summed E-state index contributed by atoms with van der Waals surface area (Å²) in [5.41, 5.74) is 1.32. The number of hydrogen-bond acceptors (Lipinski definition) is 1. The summed E-state index contributed by atoms with van der Waals surface area (Å²) in [6.07, 6.45) is 0.964. The molecule has 0 aliphatic rings. The fourth-order valence-corrected chi connectivity index (χ4v) is 2.57. The van der Waals surface area contributed by atoms with Crippen molar-refractivity contribution in [2.45, 2.75) is 46.2 Å². The van der Waals surface area contributed by atoms with Crippen molar-refractivity contribution < 1.29 is 0 Å². The largest absolute Gasteiger partial charge is 0.355 e. The van der Waals surface area contributed by atoms with Gasteiger partial charge in [0.2, 0.25) is 0 Å². The summed E-state index contributed by atoms with van der Waals surface area (Å²) >= 11 is 6.06. The number of alkyl halides is 1. The maximum atomic E-state index is 6.06. The van der Waals surface area contributed by atoms with E-state index in [1.54, 1.807) is 0 Å². The van der Waals surface area contributed by atoms with Gasteiger partial charge in [0.15, 0.2) is 0 Å². The molecule has 0 saturated carbocycles. The second-order valence-corrected chi connectivity index (χ2v) is 5.53. The fraction of sp³-hybridized carbons (Fsp3) is 0.562. The van der Waals surface area contributed by atoms with Gasteiger partial charge in [-0.25, -0.2) is 0 Å². The molecule has 0 aliphatic heterocycles. The van der Waals surface area contributed by atoms with E-state index in [1.807, 2.05) is 6.07 Å². The summed E-state index contributed by atoms with van der Waals surface area (Å²) in [7, 11) is 0. The minimum atomic E-state index is 0.425. The first-order chi connectivity index (χ1) is 9.06. The predicted molar refractivity (Wildman–Crippen MR) is 85.3 cm³/mol. The molecular weight excluding hydrogens is 256 g/mol. The van der Waals surface area contributed by atoms with E-state index in [4.69, 9.17) is 16.6 Å². The number of nitrogens with zero attached hydrogens (tertiary/aromatic N) is 2. The second kappa shape index (κ2) is 8.21. The van der Waals surface area contributed by atoms with Gasteiger partial charge < -0.3 is 4.90 Å². The van der Waals surface area contributed by atoms with Crippen molar-refractivity contribution in [3.63, 3.8) is 0 Å². The van der Waals surface area contributed by atoms with Crippen molar-refractivity contribution in [3.8, 4) is 0 Å². The van der Waals surface area contributed by atoms with E-state index in [-0.39, 0.29) is 0 Å². The SMILES string of the molecule is CC(C)N(C(CCl)=NCCc1ccccc1)C(C)C. The molecule has 3 heteroatoms. The Bertz CT molecular complexity index is 377. The molecule has 0 radical (unpaired) electrons. The maximum Gasteiger partial charge on any atom is 0.114 e. The zero-order valence-electron chi connectivity index (χ0n) is 12.4. The molecule has 1 rings (SSSR count). The Morgan fingerprint density at radius 3 is 2.16 bits per heavy atom. The summed E-state index contributed by atoms with van der Waals surface area (Å²) in [6, 6.07) is 11.3. The maximum absolute atomic E-state index is 6.06. The van der Waals surface area contributed by atoms with E-state index in [9.17, 15) is 0 Å². The van der Waals surface area contributed by atoms with E-state index < -0.39 is 0 Å². The standard InChI is InChI=1S/C16H25ClN2/c1-13(2)19(14(3)4)16(12-17)18-11-10-15-8-6-5-7-9-15/h5-9,13-14H,10-12H2,1-4H3. The topological polar surface area (TPSA) is 15.6 Å². The van der Waals surface area contributed by atoms with Crippen LogP contribution in [-0.4, -0.2) is 35.2 Å². The number of amidine groups is 1. The van der Waals surface area contributed by atoms with Crippen LogP contribution in [0.2, 0.25) is 0 Å². The lowest BCUT2D eigenvalue weighted by Gasteiger charge is -2.33. The Morgan fingerprint density at radius 1 is 1.11 bits per heavy atom. The van der Waals surface area contributed by atoms with Gasteiger partial charge in [-0.3, -0.25) is 4.99 Å². The molecule has 1 aromatic rings. The number of hydrogen-bond donors (Lipinski definition) is 0. The summed E-state index contributed by atoms with van der Waals surface area (Å²) in [4.78, 5) is 6.98. The van der Waals surface area contributed by atoms with Gasteiger partial charge in [-0.15, -0.1) is 11.6 Å². The minimum absolute atomic E-state index is 0.425. The third-order valence-corrected chi connectivity index (χ3v) is 3.31. The van der Waals surface area contributed by atoms with Crippen LogP contribution < -0.4 is 0 Å². The predicted octanol–water partition coefficient (Wildman–Crippen LogP) is 3.99. The molecule has 0 saturated heterocycles. The van der Waals surface area contributed by atoms with Crippen LogP contribution >= 0.6 is 11.6 Å². The van der Waals surface area contributed by atoms with Crippen LogP contribution in [0, 0.1) is 0 Å². The molecule has 0 unspecified atom stereocenters. The number of rotatable bonds is 6. The highest BCUT2D eigenvalue weighted by molar-refractivity contribution is 6.28. The summed E-state index contributed by atoms with van der Waals surface area (Å²) in [6.45, 7) is 9.51. The van der Waals surface area contributed by atoms with Crippen molar-refractivity contribution >= 4 is 17.4 Å². The van der Waals surface area contributed by atoms with Gasteiger partial charge in [0.25, 0.3) is 0 Å². The van der Waals surface area contributed by atoms with E-state index in [0.717, 1.165) is 18.8 Å². The van der Waals surface area contributed by atoms with E-state index >= 15 is 0 Å². The molecule has 2 nitrogen and oxygen atoms in total. The first-order valence-electron chi connectivity index (χ1n) is 6.97. The quantitative estimate of drug-likeness (QED) is 0.437. The van der Waals surface area contributed by atoms with Crippen LogP contribution in [0.1, 0.15) is 33.3 Å². The molecule has 0 fully saturated rings. The Hall–Kier alpha value is -1.02. The first-order valence-corrected chi connectivity index (χ1v) is 7.51. The third-order valence-electron chi connectivity index (χ3n) is 3.07. The van der Waals surface area contributed by atoms with Crippen molar-refractivity contribution in [2.24, 2.45) is 4.99 Å². The third kappa shape index (κ3) is 5.23. The lowest BCUT2D eigenvalue weighted by molar-refractivity contribution is 0.290. The smallest absolute Gasteiger partial charge is 0.114 e. The van der Waals surface area contributed by atoms with Gasteiger partial charge in [-0.2, -0.15) is 0 Å².